The monoisotopic (exact) mass is 407 g/mol. The fraction of sp³-hybridized carbons (Fsp3) is 0.250. The Morgan fingerprint density at radius 2 is 1.73 bits per heavy atom. The van der Waals surface area contributed by atoms with Crippen LogP contribution in [0.3, 0.4) is 0 Å². The van der Waals surface area contributed by atoms with Gasteiger partial charge in [-0.3, -0.25) is 9.69 Å². The predicted octanol–water partition coefficient (Wildman–Crippen LogP) is 4.28. The number of amides is 1. The average Bonchev–Trinajstić information content (AvgIpc) is 2.99. The van der Waals surface area contributed by atoms with Gasteiger partial charge in [0, 0.05) is 23.0 Å². The molecule has 0 N–H and O–H groups in total. The van der Waals surface area contributed by atoms with E-state index in [-0.39, 0.29) is 23.7 Å². The topological polar surface area (TPSA) is 65.1 Å². The molecule has 2 aromatic carbocycles. The van der Waals surface area contributed by atoms with E-state index in [4.69, 9.17) is 14.2 Å². The van der Waals surface area contributed by atoms with Gasteiger partial charge in [-0.15, -0.1) is 0 Å². The normalized spacial score (nSPS) is 15.0. The molecule has 0 radical (unpaired) electrons. The van der Waals surface area contributed by atoms with Crippen molar-refractivity contribution in [3.63, 3.8) is 0 Å². The van der Waals surface area contributed by atoms with E-state index in [1.807, 2.05) is 31.2 Å². The van der Waals surface area contributed by atoms with Crippen molar-refractivity contribution >= 4 is 23.6 Å². The van der Waals surface area contributed by atoms with Gasteiger partial charge in [-0.1, -0.05) is 17.7 Å². The van der Waals surface area contributed by atoms with Crippen LogP contribution in [0.4, 0.5) is 5.69 Å². The molecule has 0 saturated heterocycles. The summed E-state index contributed by atoms with van der Waals surface area (Å²) in [5.41, 5.74) is 3.46. The van der Waals surface area contributed by atoms with Crippen molar-refractivity contribution < 1.29 is 23.8 Å². The third kappa shape index (κ3) is 3.94. The van der Waals surface area contributed by atoms with E-state index in [2.05, 4.69) is 0 Å². The van der Waals surface area contributed by atoms with E-state index >= 15 is 0 Å². The molecular formula is C24H25NO5. The van der Waals surface area contributed by atoms with Crippen molar-refractivity contribution in [1.82, 2.24) is 0 Å². The highest BCUT2D eigenvalue weighted by Crippen LogP contribution is 2.37. The molecule has 3 rings (SSSR count). The smallest absolute Gasteiger partial charge is 0.340 e. The lowest BCUT2D eigenvalue weighted by Gasteiger charge is -2.18. The lowest BCUT2D eigenvalue weighted by atomic mass is 10.0. The number of anilines is 1. The summed E-state index contributed by atoms with van der Waals surface area (Å²) in [7, 11) is 3.11. The molecule has 6 heteroatoms. The Hall–Kier alpha value is -3.54. The molecule has 1 aliphatic rings. The Morgan fingerprint density at radius 3 is 2.33 bits per heavy atom. The molecule has 2 aromatic rings. The van der Waals surface area contributed by atoms with Gasteiger partial charge in [0.05, 0.1) is 32.0 Å². The molecule has 6 nitrogen and oxygen atoms in total. The number of allylic oxidation sites excluding steroid dienone is 1. The Labute approximate surface area is 176 Å². The highest BCUT2D eigenvalue weighted by molar-refractivity contribution is 6.24. The van der Waals surface area contributed by atoms with Crippen LogP contribution in [-0.2, 0) is 14.3 Å². The Morgan fingerprint density at radius 1 is 1.03 bits per heavy atom. The summed E-state index contributed by atoms with van der Waals surface area (Å²) in [4.78, 5) is 27.7. The molecule has 156 valence electrons. The van der Waals surface area contributed by atoms with Gasteiger partial charge >= 0.3 is 5.97 Å². The SMILES string of the molecule is CCOC(=O)C1=C(C)N(c2ccc(C)cc2)C(=O)/C1=C/c1ccc(OC)cc1OC. The molecule has 0 saturated carbocycles. The van der Waals surface area contributed by atoms with Gasteiger partial charge in [0.2, 0.25) is 0 Å². The molecule has 1 amide bonds. The number of carbonyl (C=O) groups is 2. The van der Waals surface area contributed by atoms with Crippen LogP contribution in [-0.4, -0.2) is 32.7 Å². The van der Waals surface area contributed by atoms with E-state index in [0.717, 1.165) is 5.56 Å². The Balaban J connectivity index is 2.15. The summed E-state index contributed by atoms with van der Waals surface area (Å²) in [6, 6.07) is 12.8. The second-order valence-corrected chi connectivity index (χ2v) is 6.82. The molecule has 0 spiro atoms. The number of nitrogens with zero attached hydrogens (tertiary/aromatic N) is 1. The van der Waals surface area contributed by atoms with E-state index in [0.29, 0.717) is 28.4 Å². The fourth-order valence-corrected chi connectivity index (χ4v) is 3.38. The third-order valence-electron chi connectivity index (χ3n) is 4.91. The van der Waals surface area contributed by atoms with Crippen LogP contribution in [0, 0.1) is 6.92 Å². The third-order valence-corrected chi connectivity index (χ3v) is 4.91. The lowest BCUT2D eigenvalue weighted by molar-refractivity contribution is -0.138. The summed E-state index contributed by atoms with van der Waals surface area (Å²) in [6.45, 7) is 5.67. The minimum Gasteiger partial charge on any atom is -0.497 e. The zero-order valence-corrected chi connectivity index (χ0v) is 17.8. The number of hydrogen-bond acceptors (Lipinski definition) is 5. The maximum atomic E-state index is 13.4. The lowest BCUT2D eigenvalue weighted by Crippen LogP contribution is -2.24. The average molecular weight is 407 g/mol. The summed E-state index contributed by atoms with van der Waals surface area (Å²) in [6.07, 6.45) is 1.66. The number of rotatable bonds is 6. The first kappa shape index (κ1) is 21.2. The fourth-order valence-electron chi connectivity index (χ4n) is 3.38. The van der Waals surface area contributed by atoms with Gasteiger partial charge in [-0.2, -0.15) is 0 Å². The van der Waals surface area contributed by atoms with E-state index in [9.17, 15) is 9.59 Å². The van der Waals surface area contributed by atoms with Crippen LogP contribution in [0.15, 0.2) is 59.3 Å². The van der Waals surface area contributed by atoms with Crippen LogP contribution in [0.1, 0.15) is 25.0 Å². The molecular weight excluding hydrogens is 382 g/mol. The van der Waals surface area contributed by atoms with Gasteiger partial charge < -0.3 is 14.2 Å². The number of esters is 1. The molecule has 0 aromatic heterocycles. The molecule has 0 fully saturated rings. The van der Waals surface area contributed by atoms with Crippen LogP contribution in [0.5, 0.6) is 11.5 Å². The maximum absolute atomic E-state index is 13.4. The van der Waals surface area contributed by atoms with E-state index in [1.54, 1.807) is 52.3 Å². The Bertz CT molecular complexity index is 1030. The van der Waals surface area contributed by atoms with Gasteiger partial charge in [0.25, 0.3) is 5.91 Å². The van der Waals surface area contributed by atoms with Gasteiger partial charge in [0.15, 0.2) is 0 Å². The highest BCUT2D eigenvalue weighted by Gasteiger charge is 2.38. The van der Waals surface area contributed by atoms with Crippen molar-refractivity contribution in [2.75, 3.05) is 25.7 Å². The molecule has 0 atom stereocenters. The zero-order valence-electron chi connectivity index (χ0n) is 17.8. The van der Waals surface area contributed by atoms with Crippen LogP contribution < -0.4 is 14.4 Å². The first-order valence-electron chi connectivity index (χ1n) is 9.64. The van der Waals surface area contributed by atoms with E-state index < -0.39 is 5.97 Å². The number of carbonyl (C=O) groups excluding carboxylic acids is 2. The molecule has 0 unspecified atom stereocenters. The van der Waals surface area contributed by atoms with Crippen LogP contribution in [0.25, 0.3) is 6.08 Å². The Kier molecular flexibility index (Phi) is 6.26. The number of benzene rings is 2. The van der Waals surface area contributed by atoms with Crippen molar-refractivity contribution in [2.45, 2.75) is 20.8 Å². The minimum atomic E-state index is -0.531. The molecule has 1 heterocycles. The first-order chi connectivity index (χ1) is 14.4. The minimum absolute atomic E-state index is 0.216. The van der Waals surface area contributed by atoms with Crippen LogP contribution >= 0.6 is 0 Å². The summed E-state index contributed by atoms with van der Waals surface area (Å²) < 4.78 is 15.9. The van der Waals surface area contributed by atoms with Crippen molar-refractivity contribution in [1.29, 1.82) is 0 Å². The van der Waals surface area contributed by atoms with Gasteiger partial charge in [-0.05, 0) is 51.1 Å². The number of aryl methyl sites for hydroxylation is 1. The maximum Gasteiger partial charge on any atom is 0.340 e. The molecule has 0 aliphatic carbocycles. The van der Waals surface area contributed by atoms with Gasteiger partial charge in [-0.25, -0.2) is 4.79 Å². The van der Waals surface area contributed by atoms with Gasteiger partial charge in [0.1, 0.15) is 11.5 Å². The first-order valence-corrected chi connectivity index (χ1v) is 9.64. The van der Waals surface area contributed by atoms with Crippen molar-refractivity contribution in [2.24, 2.45) is 0 Å². The van der Waals surface area contributed by atoms with E-state index in [1.165, 1.54) is 4.90 Å². The largest absolute Gasteiger partial charge is 0.497 e. The molecule has 0 bridgehead atoms. The summed E-state index contributed by atoms with van der Waals surface area (Å²) >= 11 is 0. The second kappa shape index (κ2) is 8.86. The highest BCUT2D eigenvalue weighted by atomic mass is 16.5. The molecule has 30 heavy (non-hydrogen) atoms. The molecule has 1 aliphatic heterocycles. The second-order valence-electron chi connectivity index (χ2n) is 6.82. The summed E-state index contributed by atoms with van der Waals surface area (Å²) in [5, 5.41) is 0. The number of ether oxygens (including phenoxy) is 3. The standard InChI is InChI=1S/C24H25NO5/c1-6-30-24(27)22-16(3)25(18-10-7-15(2)8-11-18)23(26)20(22)13-17-9-12-19(28-4)14-21(17)29-5/h7-14H,6H2,1-5H3/b20-13+. The van der Waals surface area contributed by atoms with Crippen LogP contribution in [0.2, 0.25) is 0 Å². The number of hydrogen-bond donors (Lipinski definition) is 0. The predicted molar refractivity (Wildman–Crippen MR) is 116 cm³/mol. The van der Waals surface area contributed by atoms with Crippen molar-refractivity contribution in [3.8, 4) is 11.5 Å². The van der Waals surface area contributed by atoms with Crippen molar-refractivity contribution in [3.05, 3.63) is 70.4 Å². The number of methoxy groups -OCH3 is 2. The quantitative estimate of drug-likeness (QED) is 0.528. The zero-order chi connectivity index (χ0) is 21.8. The summed E-state index contributed by atoms with van der Waals surface area (Å²) in [5.74, 6) is 0.337.